The SMILES string of the molecule is CC(=Cc1ccccc1)C(=O)N[C@@H](c1ccccc1)[C@@H](OC(=O)c1ccccc1)C(=O)O. The van der Waals surface area contributed by atoms with Gasteiger partial charge in [0.05, 0.1) is 5.56 Å². The van der Waals surface area contributed by atoms with Gasteiger partial charge in [-0.1, -0.05) is 78.9 Å². The maximum Gasteiger partial charge on any atom is 0.347 e. The highest BCUT2D eigenvalue weighted by Crippen LogP contribution is 2.22. The zero-order valence-corrected chi connectivity index (χ0v) is 17.5. The Morgan fingerprint density at radius 3 is 1.94 bits per heavy atom. The van der Waals surface area contributed by atoms with Crippen LogP contribution in [0.25, 0.3) is 6.08 Å². The smallest absolute Gasteiger partial charge is 0.347 e. The molecule has 162 valence electrons. The van der Waals surface area contributed by atoms with E-state index < -0.39 is 30.0 Å². The second-order valence-electron chi connectivity index (χ2n) is 7.13. The molecule has 6 nitrogen and oxygen atoms in total. The van der Waals surface area contributed by atoms with E-state index in [1.54, 1.807) is 61.5 Å². The molecule has 32 heavy (non-hydrogen) atoms. The summed E-state index contributed by atoms with van der Waals surface area (Å²) in [7, 11) is 0. The molecule has 0 aliphatic carbocycles. The van der Waals surface area contributed by atoms with Crippen molar-refractivity contribution < 1.29 is 24.2 Å². The van der Waals surface area contributed by atoms with Crippen molar-refractivity contribution in [2.75, 3.05) is 0 Å². The van der Waals surface area contributed by atoms with Crippen molar-refractivity contribution in [3.63, 3.8) is 0 Å². The molecule has 0 heterocycles. The van der Waals surface area contributed by atoms with E-state index in [2.05, 4.69) is 5.32 Å². The van der Waals surface area contributed by atoms with Crippen molar-refractivity contribution in [1.82, 2.24) is 5.32 Å². The summed E-state index contributed by atoms with van der Waals surface area (Å²) in [5.74, 6) is -2.62. The van der Waals surface area contributed by atoms with Crippen LogP contribution in [0.15, 0.2) is 96.6 Å². The van der Waals surface area contributed by atoms with E-state index in [4.69, 9.17) is 4.74 Å². The monoisotopic (exact) mass is 429 g/mol. The zero-order chi connectivity index (χ0) is 22.9. The van der Waals surface area contributed by atoms with Crippen molar-refractivity contribution in [2.45, 2.75) is 19.1 Å². The second-order valence-corrected chi connectivity index (χ2v) is 7.13. The largest absolute Gasteiger partial charge is 0.478 e. The fraction of sp³-hybridized carbons (Fsp3) is 0.115. The maximum absolute atomic E-state index is 12.9. The van der Waals surface area contributed by atoms with Crippen molar-refractivity contribution in [3.05, 3.63) is 113 Å². The van der Waals surface area contributed by atoms with E-state index >= 15 is 0 Å². The van der Waals surface area contributed by atoms with Gasteiger partial charge in [0, 0.05) is 5.57 Å². The first-order valence-electron chi connectivity index (χ1n) is 10.0. The predicted molar refractivity (Wildman–Crippen MR) is 121 cm³/mol. The first kappa shape index (κ1) is 22.5. The predicted octanol–water partition coefficient (Wildman–Crippen LogP) is 4.26. The number of carboxylic acids is 1. The van der Waals surface area contributed by atoms with Crippen LogP contribution >= 0.6 is 0 Å². The number of benzene rings is 3. The van der Waals surface area contributed by atoms with Crippen LogP contribution in [0.3, 0.4) is 0 Å². The molecule has 0 bridgehead atoms. The van der Waals surface area contributed by atoms with Gasteiger partial charge in [-0.3, -0.25) is 4.79 Å². The Hall–Kier alpha value is -4.19. The third-order valence-electron chi connectivity index (χ3n) is 4.78. The van der Waals surface area contributed by atoms with Gasteiger partial charge >= 0.3 is 11.9 Å². The highest BCUT2D eigenvalue weighted by molar-refractivity contribution is 5.98. The van der Waals surface area contributed by atoms with Crippen LogP contribution in [0.4, 0.5) is 0 Å². The normalized spacial score (nSPS) is 13.0. The Kier molecular flexibility index (Phi) is 7.54. The van der Waals surface area contributed by atoms with Gasteiger partial charge in [-0.2, -0.15) is 0 Å². The van der Waals surface area contributed by atoms with Gasteiger partial charge in [-0.05, 0) is 36.3 Å². The van der Waals surface area contributed by atoms with E-state index in [1.165, 1.54) is 12.1 Å². The molecule has 6 heteroatoms. The fourth-order valence-corrected chi connectivity index (χ4v) is 3.13. The fourth-order valence-electron chi connectivity index (χ4n) is 3.13. The van der Waals surface area contributed by atoms with Gasteiger partial charge < -0.3 is 15.2 Å². The number of ether oxygens (including phenoxy) is 1. The molecule has 3 rings (SSSR count). The Morgan fingerprint density at radius 1 is 0.844 bits per heavy atom. The van der Waals surface area contributed by atoms with Crippen molar-refractivity contribution >= 4 is 23.9 Å². The van der Waals surface area contributed by atoms with Crippen LogP contribution < -0.4 is 5.32 Å². The standard InChI is InChI=1S/C26H23NO5/c1-18(17-19-11-5-2-6-12-19)24(28)27-22(20-13-7-3-8-14-20)23(25(29)30)32-26(31)21-15-9-4-10-16-21/h2-17,22-23H,1H3,(H,27,28)(H,29,30)/t22-,23+/m0/s1. The highest BCUT2D eigenvalue weighted by Gasteiger charge is 2.35. The van der Waals surface area contributed by atoms with Crippen LogP contribution in [0.1, 0.15) is 34.5 Å². The van der Waals surface area contributed by atoms with Gasteiger partial charge in [0.2, 0.25) is 12.0 Å². The molecule has 0 aliphatic heterocycles. The van der Waals surface area contributed by atoms with Gasteiger partial charge in [0.15, 0.2) is 0 Å². The van der Waals surface area contributed by atoms with Crippen LogP contribution in [-0.4, -0.2) is 29.1 Å². The van der Waals surface area contributed by atoms with Gasteiger partial charge in [-0.15, -0.1) is 0 Å². The number of nitrogens with one attached hydrogen (secondary N) is 1. The molecule has 2 N–H and O–H groups in total. The number of aliphatic carboxylic acids is 1. The molecule has 0 radical (unpaired) electrons. The van der Waals surface area contributed by atoms with Crippen LogP contribution in [0, 0.1) is 0 Å². The van der Waals surface area contributed by atoms with Crippen molar-refractivity contribution in [1.29, 1.82) is 0 Å². The van der Waals surface area contributed by atoms with Gasteiger partial charge in [0.25, 0.3) is 0 Å². The molecule has 3 aromatic rings. The number of esters is 1. The number of carboxylic acid groups (broad SMARTS) is 1. The zero-order valence-electron chi connectivity index (χ0n) is 17.5. The van der Waals surface area contributed by atoms with E-state index in [0.29, 0.717) is 11.1 Å². The van der Waals surface area contributed by atoms with Gasteiger partial charge in [0.1, 0.15) is 6.04 Å². The molecule has 0 saturated heterocycles. The summed E-state index contributed by atoms with van der Waals surface area (Å²) in [6.45, 7) is 1.64. The minimum atomic E-state index is -1.63. The average molecular weight is 429 g/mol. The summed E-state index contributed by atoms with van der Waals surface area (Å²) in [6.07, 6.45) is 0.0712. The molecule has 0 aromatic heterocycles. The molecule has 0 fully saturated rings. The molecule has 0 saturated carbocycles. The summed E-state index contributed by atoms with van der Waals surface area (Å²) in [5, 5.41) is 12.6. The van der Waals surface area contributed by atoms with Crippen LogP contribution in [0.2, 0.25) is 0 Å². The molecule has 2 atom stereocenters. The van der Waals surface area contributed by atoms with Crippen molar-refractivity contribution in [2.24, 2.45) is 0 Å². The number of amides is 1. The lowest BCUT2D eigenvalue weighted by atomic mass is 10.00. The first-order valence-corrected chi connectivity index (χ1v) is 10.0. The lowest BCUT2D eigenvalue weighted by Crippen LogP contribution is -2.43. The number of carbonyl (C=O) groups excluding carboxylic acids is 2. The number of carbonyl (C=O) groups is 3. The highest BCUT2D eigenvalue weighted by atomic mass is 16.6. The second kappa shape index (κ2) is 10.7. The minimum Gasteiger partial charge on any atom is -0.478 e. The molecule has 0 unspecified atom stereocenters. The first-order chi connectivity index (χ1) is 15.5. The summed E-state index contributed by atoms with van der Waals surface area (Å²) >= 11 is 0. The number of rotatable bonds is 8. The quantitative estimate of drug-likeness (QED) is 0.412. The molecular formula is C26H23NO5. The van der Waals surface area contributed by atoms with Crippen molar-refractivity contribution in [3.8, 4) is 0 Å². The lowest BCUT2D eigenvalue weighted by molar-refractivity contribution is -0.149. The number of hydrogen-bond acceptors (Lipinski definition) is 4. The van der Waals surface area contributed by atoms with E-state index in [0.717, 1.165) is 5.56 Å². The van der Waals surface area contributed by atoms with E-state index in [9.17, 15) is 19.5 Å². The molecule has 1 amide bonds. The minimum absolute atomic E-state index is 0.219. The molecular weight excluding hydrogens is 406 g/mol. The Morgan fingerprint density at radius 2 is 1.38 bits per heavy atom. The summed E-state index contributed by atoms with van der Waals surface area (Å²) in [5.41, 5.74) is 1.94. The lowest BCUT2D eigenvalue weighted by Gasteiger charge is -2.25. The van der Waals surface area contributed by atoms with Crippen LogP contribution in [0.5, 0.6) is 0 Å². The maximum atomic E-state index is 12.9. The summed E-state index contributed by atoms with van der Waals surface area (Å²) in [6, 6.07) is 24.9. The Balaban J connectivity index is 1.88. The van der Waals surface area contributed by atoms with Gasteiger partial charge in [-0.25, -0.2) is 9.59 Å². The summed E-state index contributed by atoms with van der Waals surface area (Å²) in [4.78, 5) is 37.5. The third kappa shape index (κ3) is 5.92. The molecule has 0 aliphatic rings. The summed E-state index contributed by atoms with van der Waals surface area (Å²) < 4.78 is 5.34. The van der Waals surface area contributed by atoms with E-state index in [1.807, 2.05) is 30.3 Å². The average Bonchev–Trinajstić information content (AvgIpc) is 2.82. The van der Waals surface area contributed by atoms with Crippen LogP contribution in [-0.2, 0) is 14.3 Å². The molecule has 3 aromatic carbocycles. The topological polar surface area (TPSA) is 92.7 Å². The van der Waals surface area contributed by atoms with E-state index in [-0.39, 0.29) is 5.56 Å². The Bertz CT molecular complexity index is 1090. The number of hydrogen-bond donors (Lipinski definition) is 2. The third-order valence-corrected chi connectivity index (χ3v) is 4.78. The molecule has 0 spiro atoms. The Labute approximate surface area is 186 Å².